The molecule has 6 heteroatoms. The number of halogens is 1. The van der Waals surface area contributed by atoms with Crippen molar-refractivity contribution < 1.29 is 8.81 Å². The molecule has 0 unspecified atom stereocenters. The Balaban J connectivity index is 1.82. The normalized spacial score (nSPS) is 11.0. The fourth-order valence-electron chi connectivity index (χ4n) is 2.03. The molecule has 0 saturated heterocycles. The van der Waals surface area contributed by atoms with Crippen LogP contribution in [0.15, 0.2) is 52.2 Å². The van der Waals surface area contributed by atoms with Gasteiger partial charge in [-0.25, -0.2) is 4.39 Å². The third kappa shape index (κ3) is 2.85. The zero-order valence-electron chi connectivity index (χ0n) is 11.5. The summed E-state index contributed by atoms with van der Waals surface area (Å²) in [4.78, 5) is 0. The molecule has 0 fully saturated rings. The Hall–Kier alpha value is -2.08. The van der Waals surface area contributed by atoms with Gasteiger partial charge in [0.05, 0.1) is 6.26 Å². The standard InChI is InChI=1S/C15H14FN3OS/c1-2-19-14(13-8-5-9-20-13)17-18-15(19)21-10-11-6-3-4-7-12(11)16/h3-9H,2,10H2,1H3. The van der Waals surface area contributed by atoms with E-state index < -0.39 is 0 Å². The predicted octanol–water partition coefficient (Wildman–Crippen LogP) is 3.99. The van der Waals surface area contributed by atoms with E-state index in [1.165, 1.54) is 17.8 Å². The lowest BCUT2D eigenvalue weighted by atomic mass is 10.2. The molecule has 0 bridgehead atoms. The van der Waals surface area contributed by atoms with Gasteiger partial charge < -0.3 is 4.42 Å². The van der Waals surface area contributed by atoms with Crippen molar-refractivity contribution >= 4 is 11.8 Å². The number of nitrogens with zero attached hydrogens (tertiary/aromatic N) is 3. The van der Waals surface area contributed by atoms with E-state index in [-0.39, 0.29) is 5.82 Å². The molecule has 0 saturated carbocycles. The quantitative estimate of drug-likeness (QED) is 0.668. The Bertz CT molecular complexity index is 724. The van der Waals surface area contributed by atoms with E-state index in [2.05, 4.69) is 10.2 Å². The maximum absolute atomic E-state index is 13.6. The summed E-state index contributed by atoms with van der Waals surface area (Å²) in [5.41, 5.74) is 0.660. The van der Waals surface area contributed by atoms with Crippen molar-refractivity contribution in [2.75, 3.05) is 0 Å². The molecular formula is C15H14FN3OS. The summed E-state index contributed by atoms with van der Waals surface area (Å²) >= 11 is 1.46. The molecule has 2 aromatic heterocycles. The molecular weight excluding hydrogens is 289 g/mol. The molecule has 0 radical (unpaired) electrons. The number of furan rings is 1. The highest BCUT2D eigenvalue weighted by molar-refractivity contribution is 7.98. The molecule has 0 aliphatic carbocycles. The van der Waals surface area contributed by atoms with E-state index in [1.54, 1.807) is 18.4 Å². The molecule has 1 aromatic carbocycles. The summed E-state index contributed by atoms with van der Waals surface area (Å²) in [6.07, 6.45) is 1.61. The van der Waals surface area contributed by atoms with Gasteiger partial charge in [-0.2, -0.15) is 0 Å². The lowest BCUT2D eigenvalue weighted by Crippen LogP contribution is -1.99. The van der Waals surface area contributed by atoms with E-state index >= 15 is 0 Å². The summed E-state index contributed by atoms with van der Waals surface area (Å²) in [6.45, 7) is 2.74. The van der Waals surface area contributed by atoms with Crippen LogP contribution in [0.4, 0.5) is 4.39 Å². The van der Waals surface area contributed by atoms with Crippen LogP contribution in [0.25, 0.3) is 11.6 Å². The van der Waals surface area contributed by atoms with Gasteiger partial charge in [0.2, 0.25) is 0 Å². The van der Waals surface area contributed by atoms with Crippen molar-refractivity contribution in [2.24, 2.45) is 0 Å². The van der Waals surface area contributed by atoms with Crippen LogP contribution < -0.4 is 0 Å². The van der Waals surface area contributed by atoms with Crippen molar-refractivity contribution in [3.63, 3.8) is 0 Å². The Morgan fingerprint density at radius 3 is 2.76 bits per heavy atom. The first-order chi connectivity index (χ1) is 10.3. The van der Waals surface area contributed by atoms with E-state index in [0.29, 0.717) is 22.9 Å². The number of thioether (sulfide) groups is 1. The summed E-state index contributed by atoms with van der Waals surface area (Å²) < 4.78 is 21.0. The van der Waals surface area contributed by atoms with Crippen molar-refractivity contribution in [1.82, 2.24) is 14.8 Å². The summed E-state index contributed by atoms with van der Waals surface area (Å²) in [5, 5.41) is 9.11. The Morgan fingerprint density at radius 2 is 2.05 bits per heavy atom. The maximum Gasteiger partial charge on any atom is 0.200 e. The van der Waals surface area contributed by atoms with Gasteiger partial charge in [0.1, 0.15) is 5.82 Å². The third-order valence-electron chi connectivity index (χ3n) is 3.09. The number of benzene rings is 1. The molecule has 0 atom stereocenters. The highest BCUT2D eigenvalue weighted by atomic mass is 32.2. The van der Waals surface area contributed by atoms with E-state index in [0.717, 1.165) is 11.7 Å². The van der Waals surface area contributed by atoms with Gasteiger partial charge in [0.25, 0.3) is 0 Å². The highest BCUT2D eigenvalue weighted by Gasteiger charge is 2.15. The average Bonchev–Trinajstić information content (AvgIpc) is 3.15. The van der Waals surface area contributed by atoms with Gasteiger partial charge in [-0.15, -0.1) is 10.2 Å². The fourth-order valence-corrected chi connectivity index (χ4v) is 3.02. The van der Waals surface area contributed by atoms with Crippen molar-refractivity contribution in [1.29, 1.82) is 0 Å². The van der Waals surface area contributed by atoms with Crippen LogP contribution in [0, 0.1) is 5.82 Å². The van der Waals surface area contributed by atoms with E-state index in [1.807, 2.05) is 29.7 Å². The van der Waals surface area contributed by atoms with Crippen LogP contribution in [0.1, 0.15) is 12.5 Å². The number of hydrogen-bond acceptors (Lipinski definition) is 4. The summed E-state index contributed by atoms with van der Waals surface area (Å²) in [6, 6.07) is 10.4. The largest absolute Gasteiger partial charge is 0.461 e. The van der Waals surface area contributed by atoms with Crippen LogP contribution in [0.2, 0.25) is 0 Å². The van der Waals surface area contributed by atoms with Crippen LogP contribution in [0.5, 0.6) is 0 Å². The first-order valence-corrected chi connectivity index (χ1v) is 7.61. The first-order valence-electron chi connectivity index (χ1n) is 6.63. The molecule has 3 aromatic rings. The minimum Gasteiger partial charge on any atom is -0.461 e. The van der Waals surface area contributed by atoms with Crippen LogP contribution >= 0.6 is 11.8 Å². The molecule has 2 heterocycles. The topological polar surface area (TPSA) is 43.9 Å². The smallest absolute Gasteiger partial charge is 0.200 e. The molecule has 0 amide bonds. The third-order valence-corrected chi connectivity index (χ3v) is 4.10. The molecule has 4 nitrogen and oxygen atoms in total. The van der Waals surface area contributed by atoms with E-state index in [9.17, 15) is 4.39 Å². The molecule has 21 heavy (non-hydrogen) atoms. The monoisotopic (exact) mass is 303 g/mol. The second kappa shape index (κ2) is 6.13. The summed E-state index contributed by atoms with van der Waals surface area (Å²) in [7, 11) is 0. The SMILES string of the molecule is CCn1c(SCc2ccccc2F)nnc1-c1ccco1. The van der Waals surface area contributed by atoms with Crippen molar-refractivity contribution in [3.8, 4) is 11.6 Å². The molecule has 3 rings (SSSR count). The molecule has 0 aliphatic rings. The Kier molecular flexibility index (Phi) is 4.06. The van der Waals surface area contributed by atoms with Crippen LogP contribution in [-0.4, -0.2) is 14.8 Å². The maximum atomic E-state index is 13.6. The van der Waals surface area contributed by atoms with Gasteiger partial charge in [-0.05, 0) is 30.7 Å². The van der Waals surface area contributed by atoms with Crippen molar-refractivity contribution in [3.05, 3.63) is 54.0 Å². The minimum absolute atomic E-state index is 0.196. The van der Waals surface area contributed by atoms with Gasteiger partial charge in [0, 0.05) is 12.3 Å². The number of hydrogen-bond donors (Lipinski definition) is 0. The predicted molar refractivity (Wildman–Crippen MR) is 79.4 cm³/mol. The lowest BCUT2D eigenvalue weighted by Gasteiger charge is -2.06. The Labute approximate surface area is 126 Å². The van der Waals surface area contributed by atoms with Crippen LogP contribution in [-0.2, 0) is 12.3 Å². The zero-order chi connectivity index (χ0) is 14.7. The second-order valence-corrected chi connectivity index (χ2v) is 5.35. The molecule has 0 N–H and O–H groups in total. The molecule has 108 valence electrons. The fraction of sp³-hybridized carbons (Fsp3) is 0.200. The van der Waals surface area contributed by atoms with Crippen molar-refractivity contribution in [2.45, 2.75) is 24.4 Å². The highest BCUT2D eigenvalue weighted by Crippen LogP contribution is 2.27. The minimum atomic E-state index is -0.196. The molecule has 0 aliphatic heterocycles. The number of rotatable bonds is 5. The van der Waals surface area contributed by atoms with Gasteiger partial charge >= 0.3 is 0 Å². The van der Waals surface area contributed by atoms with Gasteiger partial charge in [-0.3, -0.25) is 4.57 Å². The second-order valence-electron chi connectivity index (χ2n) is 4.41. The van der Waals surface area contributed by atoms with Crippen LogP contribution in [0.3, 0.4) is 0 Å². The first kappa shape index (κ1) is 13.9. The zero-order valence-corrected chi connectivity index (χ0v) is 12.3. The average molecular weight is 303 g/mol. The molecule has 0 spiro atoms. The van der Waals surface area contributed by atoms with Gasteiger partial charge in [0.15, 0.2) is 16.7 Å². The summed E-state index contributed by atoms with van der Waals surface area (Å²) in [5.74, 6) is 1.70. The Morgan fingerprint density at radius 1 is 1.19 bits per heavy atom. The van der Waals surface area contributed by atoms with E-state index in [4.69, 9.17) is 4.42 Å². The lowest BCUT2D eigenvalue weighted by molar-refractivity contribution is 0.567. The number of aromatic nitrogens is 3. The van der Waals surface area contributed by atoms with Gasteiger partial charge in [-0.1, -0.05) is 30.0 Å².